The molecule has 0 spiro atoms. The summed E-state index contributed by atoms with van der Waals surface area (Å²) in [6, 6.07) is 3.82. The zero-order valence-electron chi connectivity index (χ0n) is 14.8. The van der Waals surface area contributed by atoms with Crippen molar-refractivity contribution < 1.29 is 23.1 Å². The zero-order chi connectivity index (χ0) is 18.7. The second-order valence-electron chi connectivity index (χ2n) is 7.13. The number of amides is 1. The third kappa shape index (κ3) is 4.00. The number of nitrogens with zero attached hydrogens (tertiary/aromatic N) is 1. The van der Waals surface area contributed by atoms with Crippen molar-refractivity contribution in [3.63, 3.8) is 0 Å². The van der Waals surface area contributed by atoms with E-state index in [4.69, 9.17) is 4.74 Å². The van der Waals surface area contributed by atoms with Crippen LogP contribution in [-0.4, -0.2) is 23.7 Å². The summed E-state index contributed by atoms with van der Waals surface area (Å²) >= 11 is 0. The highest BCUT2D eigenvalue weighted by Crippen LogP contribution is 2.36. The molecule has 1 aromatic rings. The predicted molar refractivity (Wildman–Crippen MR) is 92.9 cm³/mol. The number of hydrogen-bond acceptors (Lipinski definition) is 3. The van der Waals surface area contributed by atoms with Crippen LogP contribution in [0, 0.1) is 17.6 Å². The number of rotatable bonds is 3. The molecule has 140 valence electrons. The maximum absolute atomic E-state index is 14.3. The van der Waals surface area contributed by atoms with Gasteiger partial charge >= 0.3 is 5.97 Å². The number of benzene rings is 1. The number of esters is 1. The summed E-state index contributed by atoms with van der Waals surface area (Å²) in [5, 5.41) is 0. The highest BCUT2D eigenvalue weighted by Gasteiger charge is 2.40. The van der Waals surface area contributed by atoms with E-state index in [1.807, 2.05) is 0 Å². The van der Waals surface area contributed by atoms with Gasteiger partial charge in [0, 0.05) is 18.1 Å². The van der Waals surface area contributed by atoms with Crippen LogP contribution >= 0.6 is 0 Å². The fourth-order valence-electron chi connectivity index (χ4n) is 3.94. The normalized spacial score (nSPS) is 24.7. The minimum atomic E-state index is -1.02. The molecule has 0 saturated heterocycles. The first-order chi connectivity index (χ1) is 12.5. The topological polar surface area (TPSA) is 55.7 Å². The molecule has 3 rings (SSSR count). The Morgan fingerprint density at radius 1 is 1.15 bits per heavy atom. The van der Waals surface area contributed by atoms with Gasteiger partial charge in [0.05, 0.1) is 0 Å². The van der Waals surface area contributed by atoms with E-state index in [0.717, 1.165) is 44.6 Å². The number of ether oxygens (including phenoxy) is 1. The zero-order valence-corrected chi connectivity index (χ0v) is 14.8. The lowest BCUT2D eigenvalue weighted by molar-refractivity contribution is -0.153. The summed E-state index contributed by atoms with van der Waals surface area (Å²) in [6.45, 7) is 1.57. The molecule has 0 N–H and O–H groups in total. The fraction of sp³-hybridized carbons (Fsp3) is 0.550. The highest BCUT2D eigenvalue weighted by atomic mass is 19.2. The minimum absolute atomic E-state index is 0.0235. The van der Waals surface area contributed by atoms with Gasteiger partial charge in [-0.05, 0) is 44.2 Å². The smallest absolute Gasteiger partial charge is 0.315 e. The van der Waals surface area contributed by atoms with Crippen molar-refractivity contribution in [1.82, 2.24) is 0 Å². The van der Waals surface area contributed by atoms with Gasteiger partial charge in [-0.1, -0.05) is 25.0 Å². The van der Waals surface area contributed by atoms with Crippen molar-refractivity contribution in [2.45, 2.75) is 63.9 Å². The molecule has 26 heavy (non-hydrogen) atoms. The summed E-state index contributed by atoms with van der Waals surface area (Å²) in [5.41, 5.74) is 0.323. The molecule has 6 heteroatoms. The van der Waals surface area contributed by atoms with E-state index in [9.17, 15) is 18.4 Å². The Kier molecular flexibility index (Phi) is 5.79. The summed E-state index contributed by atoms with van der Waals surface area (Å²) < 4.78 is 33.7. The standard InChI is InChI=1S/C20H23F2NO3/c1-12-18(20(25)26-13-7-4-2-3-5-8-13)15(11-17(24)23-12)14-9-6-10-16(21)19(14)22/h6,9-10,13,15,18H,2-5,7-8,11H2,1H3. The summed E-state index contributed by atoms with van der Waals surface area (Å²) in [7, 11) is 0. The third-order valence-corrected chi connectivity index (χ3v) is 5.27. The Bertz CT molecular complexity index is 724. The quantitative estimate of drug-likeness (QED) is 0.594. The number of hydrogen-bond donors (Lipinski definition) is 0. The third-order valence-electron chi connectivity index (χ3n) is 5.27. The Hall–Kier alpha value is -2.11. The summed E-state index contributed by atoms with van der Waals surface area (Å²) in [5.74, 6) is -4.62. The van der Waals surface area contributed by atoms with Crippen molar-refractivity contribution in [3.8, 4) is 0 Å². The molecule has 0 aromatic heterocycles. The molecular formula is C20H23F2NO3. The van der Waals surface area contributed by atoms with Crippen molar-refractivity contribution >= 4 is 17.6 Å². The first kappa shape index (κ1) is 18.7. The largest absolute Gasteiger partial charge is 0.462 e. The van der Waals surface area contributed by atoms with E-state index in [1.54, 1.807) is 6.92 Å². The molecule has 1 amide bonds. The van der Waals surface area contributed by atoms with Gasteiger partial charge in [0.1, 0.15) is 12.0 Å². The molecule has 2 unspecified atom stereocenters. The van der Waals surface area contributed by atoms with Crippen LogP contribution in [0.25, 0.3) is 0 Å². The first-order valence-corrected chi connectivity index (χ1v) is 9.19. The van der Waals surface area contributed by atoms with Gasteiger partial charge in [-0.3, -0.25) is 9.59 Å². The van der Waals surface area contributed by atoms with Gasteiger partial charge in [0.15, 0.2) is 11.6 Å². The lowest BCUT2D eigenvalue weighted by Crippen LogP contribution is -2.37. The number of carbonyl (C=O) groups excluding carboxylic acids is 2. The molecular weight excluding hydrogens is 340 g/mol. The van der Waals surface area contributed by atoms with Crippen molar-refractivity contribution in [3.05, 3.63) is 35.4 Å². The van der Waals surface area contributed by atoms with Crippen LogP contribution in [0.3, 0.4) is 0 Å². The molecule has 2 aliphatic rings. The fourth-order valence-corrected chi connectivity index (χ4v) is 3.94. The molecule has 1 fully saturated rings. The average molecular weight is 363 g/mol. The van der Waals surface area contributed by atoms with Crippen molar-refractivity contribution in [2.75, 3.05) is 0 Å². The van der Waals surface area contributed by atoms with Crippen molar-refractivity contribution in [1.29, 1.82) is 0 Å². The predicted octanol–water partition coefficient (Wildman–Crippen LogP) is 4.32. The van der Waals surface area contributed by atoms with Crippen LogP contribution in [0.4, 0.5) is 8.78 Å². The number of halogens is 2. The maximum Gasteiger partial charge on any atom is 0.315 e. The lowest BCUT2D eigenvalue weighted by Gasteiger charge is -2.30. The van der Waals surface area contributed by atoms with E-state index in [0.29, 0.717) is 5.71 Å². The molecule has 1 heterocycles. The van der Waals surface area contributed by atoms with E-state index in [2.05, 4.69) is 4.99 Å². The van der Waals surface area contributed by atoms with Crippen LogP contribution in [-0.2, 0) is 14.3 Å². The average Bonchev–Trinajstić information content (AvgIpc) is 2.85. The minimum Gasteiger partial charge on any atom is -0.462 e. The first-order valence-electron chi connectivity index (χ1n) is 9.19. The second kappa shape index (κ2) is 8.06. The number of aliphatic imine (C=N–C) groups is 1. The van der Waals surface area contributed by atoms with Crippen LogP contribution < -0.4 is 0 Å². The molecule has 0 bridgehead atoms. The molecule has 4 nitrogen and oxygen atoms in total. The van der Waals surface area contributed by atoms with Gasteiger partial charge in [0.25, 0.3) is 0 Å². The van der Waals surface area contributed by atoms with Crippen LogP contribution in [0.1, 0.15) is 63.4 Å². The van der Waals surface area contributed by atoms with E-state index < -0.39 is 35.3 Å². The Labute approximate surface area is 151 Å². The molecule has 1 aliphatic heterocycles. The summed E-state index contributed by atoms with van der Waals surface area (Å²) in [6.07, 6.45) is 5.61. The van der Waals surface area contributed by atoms with Gasteiger partial charge in [0.2, 0.25) is 5.91 Å². The van der Waals surface area contributed by atoms with E-state index in [1.165, 1.54) is 12.1 Å². The monoisotopic (exact) mass is 363 g/mol. The Morgan fingerprint density at radius 2 is 1.85 bits per heavy atom. The highest BCUT2D eigenvalue weighted by molar-refractivity contribution is 6.08. The molecule has 0 radical (unpaired) electrons. The van der Waals surface area contributed by atoms with Gasteiger partial charge in [-0.25, -0.2) is 13.8 Å². The molecule has 1 saturated carbocycles. The van der Waals surface area contributed by atoms with Crippen LogP contribution in [0.2, 0.25) is 0 Å². The van der Waals surface area contributed by atoms with Gasteiger partial charge < -0.3 is 4.74 Å². The molecule has 1 aromatic carbocycles. The van der Waals surface area contributed by atoms with Crippen LogP contribution in [0.15, 0.2) is 23.2 Å². The maximum atomic E-state index is 14.3. The van der Waals surface area contributed by atoms with Gasteiger partial charge in [-0.15, -0.1) is 0 Å². The van der Waals surface area contributed by atoms with Crippen molar-refractivity contribution in [2.24, 2.45) is 10.9 Å². The summed E-state index contributed by atoms with van der Waals surface area (Å²) in [4.78, 5) is 28.6. The lowest BCUT2D eigenvalue weighted by atomic mass is 9.78. The Balaban J connectivity index is 1.87. The molecule has 1 aliphatic carbocycles. The van der Waals surface area contributed by atoms with Crippen LogP contribution in [0.5, 0.6) is 0 Å². The van der Waals surface area contributed by atoms with E-state index >= 15 is 0 Å². The van der Waals surface area contributed by atoms with Gasteiger partial charge in [-0.2, -0.15) is 0 Å². The van der Waals surface area contributed by atoms with E-state index in [-0.39, 0.29) is 18.1 Å². The molecule has 2 atom stereocenters. The number of carbonyl (C=O) groups is 2. The Morgan fingerprint density at radius 3 is 2.54 bits per heavy atom. The second-order valence-corrected chi connectivity index (χ2v) is 7.13. The SMILES string of the molecule is CC1=NC(=O)CC(c2cccc(F)c2F)C1C(=O)OC1CCCCCC1.